The molecule has 0 bridgehead atoms. The van der Waals surface area contributed by atoms with E-state index in [1.807, 2.05) is 37.2 Å². The van der Waals surface area contributed by atoms with Gasteiger partial charge in [0, 0.05) is 57.7 Å². The lowest BCUT2D eigenvalue weighted by Crippen LogP contribution is -2.40. The average molecular weight is 329 g/mol. The Morgan fingerprint density at radius 1 is 1.46 bits per heavy atom. The minimum Gasteiger partial charge on any atom is -0.357 e. The second-order valence-corrected chi connectivity index (χ2v) is 6.28. The molecule has 0 aromatic carbocycles. The van der Waals surface area contributed by atoms with Crippen molar-refractivity contribution in [3.8, 4) is 0 Å². The molecule has 1 unspecified atom stereocenters. The van der Waals surface area contributed by atoms with Crippen molar-refractivity contribution in [1.29, 1.82) is 0 Å². The Hall–Kier alpha value is -2.31. The smallest absolute Gasteiger partial charge is 0.193 e. The minimum absolute atomic E-state index is 0.540. The van der Waals surface area contributed by atoms with Gasteiger partial charge in [-0.05, 0) is 25.8 Å². The molecule has 1 saturated heterocycles. The van der Waals surface area contributed by atoms with Crippen LogP contribution in [-0.2, 0) is 13.6 Å². The summed E-state index contributed by atoms with van der Waals surface area (Å²) in [5, 5.41) is 7.72. The summed E-state index contributed by atoms with van der Waals surface area (Å²) in [6.45, 7) is 8.68. The summed E-state index contributed by atoms with van der Waals surface area (Å²) in [6.07, 6.45) is 9.10. The van der Waals surface area contributed by atoms with Crippen LogP contribution < -0.4 is 5.32 Å². The first-order valence-corrected chi connectivity index (χ1v) is 8.67. The number of nitrogens with one attached hydrogen (secondary N) is 1. The van der Waals surface area contributed by atoms with E-state index in [4.69, 9.17) is 4.99 Å². The summed E-state index contributed by atoms with van der Waals surface area (Å²) in [6, 6.07) is 0. The van der Waals surface area contributed by atoms with Crippen molar-refractivity contribution in [3.63, 3.8) is 0 Å². The molecular formula is C17H27N7. The molecule has 0 spiro atoms. The lowest BCUT2D eigenvalue weighted by molar-refractivity contribution is 0.484. The zero-order chi connectivity index (χ0) is 16.9. The van der Waals surface area contributed by atoms with Gasteiger partial charge >= 0.3 is 0 Å². The van der Waals surface area contributed by atoms with Gasteiger partial charge in [-0.2, -0.15) is 5.10 Å². The molecule has 0 radical (unpaired) electrons. The first-order valence-electron chi connectivity index (χ1n) is 8.67. The van der Waals surface area contributed by atoms with Crippen molar-refractivity contribution < 1.29 is 0 Å². The zero-order valence-electron chi connectivity index (χ0n) is 14.8. The number of guanidine groups is 1. The number of aliphatic imine (C=N–C) groups is 1. The SMILES string of the molecule is CCNC(=NCCn1ccnc1C)N1CCC(c2cnn(C)c2)C1. The van der Waals surface area contributed by atoms with Crippen LogP contribution in [0.1, 0.15) is 30.7 Å². The summed E-state index contributed by atoms with van der Waals surface area (Å²) >= 11 is 0. The molecule has 1 aliphatic rings. The van der Waals surface area contributed by atoms with Gasteiger partial charge in [0.05, 0.1) is 12.7 Å². The van der Waals surface area contributed by atoms with E-state index < -0.39 is 0 Å². The van der Waals surface area contributed by atoms with Crippen molar-refractivity contribution in [3.05, 3.63) is 36.2 Å². The predicted molar refractivity (Wildman–Crippen MR) is 95.1 cm³/mol. The molecular weight excluding hydrogens is 302 g/mol. The number of hydrogen-bond acceptors (Lipinski definition) is 3. The first kappa shape index (κ1) is 16.5. The van der Waals surface area contributed by atoms with Gasteiger partial charge in [0.1, 0.15) is 5.82 Å². The fourth-order valence-electron chi connectivity index (χ4n) is 3.21. The Kier molecular flexibility index (Phi) is 5.17. The van der Waals surface area contributed by atoms with Crippen LogP contribution in [0.5, 0.6) is 0 Å². The molecule has 0 amide bonds. The second kappa shape index (κ2) is 7.51. The van der Waals surface area contributed by atoms with E-state index in [9.17, 15) is 0 Å². The van der Waals surface area contributed by atoms with Gasteiger partial charge in [-0.25, -0.2) is 4.98 Å². The Morgan fingerprint density at radius 3 is 3.00 bits per heavy atom. The van der Waals surface area contributed by atoms with Crippen molar-refractivity contribution in [2.75, 3.05) is 26.2 Å². The van der Waals surface area contributed by atoms with E-state index in [-0.39, 0.29) is 0 Å². The monoisotopic (exact) mass is 329 g/mol. The van der Waals surface area contributed by atoms with Crippen molar-refractivity contribution >= 4 is 5.96 Å². The number of hydrogen-bond donors (Lipinski definition) is 1. The van der Waals surface area contributed by atoms with Crippen molar-refractivity contribution in [1.82, 2.24) is 29.5 Å². The number of likely N-dealkylation sites (tertiary alicyclic amines) is 1. The highest BCUT2D eigenvalue weighted by Crippen LogP contribution is 2.26. The van der Waals surface area contributed by atoms with Crippen LogP contribution in [0.25, 0.3) is 0 Å². The van der Waals surface area contributed by atoms with Gasteiger partial charge in [-0.15, -0.1) is 0 Å². The van der Waals surface area contributed by atoms with E-state index in [0.717, 1.165) is 50.9 Å². The number of aryl methyl sites for hydroxylation is 2. The van der Waals surface area contributed by atoms with Gasteiger partial charge in [0.2, 0.25) is 0 Å². The normalized spacial score (nSPS) is 18.4. The van der Waals surface area contributed by atoms with E-state index in [0.29, 0.717) is 5.92 Å². The van der Waals surface area contributed by atoms with Crippen LogP contribution in [0.2, 0.25) is 0 Å². The molecule has 3 rings (SSSR count). The van der Waals surface area contributed by atoms with Gasteiger partial charge in [0.25, 0.3) is 0 Å². The molecule has 1 aliphatic heterocycles. The molecule has 3 heterocycles. The molecule has 130 valence electrons. The average Bonchev–Trinajstić information content (AvgIpc) is 3.28. The van der Waals surface area contributed by atoms with Gasteiger partial charge in [0.15, 0.2) is 5.96 Å². The Balaban J connectivity index is 1.60. The van der Waals surface area contributed by atoms with Crippen LogP contribution in [0.4, 0.5) is 0 Å². The molecule has 24 heavy (non-hydrogen) atoms. The molecule has 7 heteroatoms. The van der Waals surface area contributed by atoms with Crippen LogP contribution in [0.3, 0.4) is 0 Å². The molecule has 2 aromatic heterocycles. The largest absolute Gasteiger partial charge is 0.357 e. The summed E-state index contributed by atoms with van der Waals surface area (Å²) in [7, 11) is 1.97. The Labute approximate surface area is 143 Å². The van der Waals surface area contributed by atoms with Crippen LogP contribution in [0.15, 0.2) is 29.8 Å². The van der Waals surface area contributed by atoms with Crippen LogP contribution in [-0.4, -0.2) is 56.4 Å². The Bertz CT molecular complexity index is 685. The molecule has 1 fully saturated rings. The topological polar surface area (TPSA) is 63.3 Å². The van der Waals surface area contributed by atoms with Gasteiger partial charge in [-0.1, -0.05) is 0 Å². The zero-order valence-corrected chi connectivity index (χ0v) is 14.8. The standard InChI is InChI=1S/C17H27N7/c1-4-18-17(20-7-10-23-9-6-19-14(23)2)24-8-5-15(13-24)16-11-21-22(3)12-16/h6,9,11-12,15H,4-5,7-8,10,13H2,1-3H3,(H,18,20). The molecule has 0 aliphatic carbocycles. The fraction of sp³-hybridized carbons (Fsp3) is 0.588. The third-order valence-corrected chi connectivity index (χ3v) is 4.55. The van der Waals surface area contributed by atoms with Gasteiger partial charge < -0.3 is 14.8 Å². The minimum atomic E-state index is 0.540. The van der Waals surface area contributed by atoms with Crippen molar-refractivity contribution in [2.45, 2.75) is 32.7 Å². The van der Waals surface area contributed by atoms with E-state index in [1.165, 1.54) is 5.56 Å². The quantitative estimate of drug-likeness (QED) is 0.665. The van der Waals surface area contributed by atoms with Crippen LogP contribution >= 0.6 is 0 Å². The molecule has 2 aromatic rings. The number of imidazole rings is 1. The second-order valence-electron chi connectivity index (χ2n) is 6.28. The molecule has 1 N–H and O–H groups in total. The molecule has 0 saturated carbocycles. The maximum atomic E-state index is 4.81. The third kappa shape index (κ3) is 3.77. The van der Waals surface area contributed by atoms with E-state index >= 15 is 0 Å². The highest BCUT2D eigenvalue weighted by Gasteiger charge is 2.26. The summed E-state index contributed by atoms with van der Waals surface area (Å²) in [4.78, 5) is 11.4. The number of rotatable bonds is 5. The van der Waals surface area contributed by atoms with E-state index in [1.54, 1.807) is 0 Å². The maximum Gasteiger partial charge on any atom is 0.193 e. The maximum absolute atomic E-state index is 4.81. The third-order valence-electron chi connectivity index (χ3n) is 4.55. The molecule has 7 nitrogen and oxygen atoms in total. The van der Waals surface area contributed by atoms with E-state index in [2.05, 4.69) is 38.0 Å². The lowest BCUT2D eigenvalue weighted by atomic mass is 10.0. The first-order chi connectivity index (χ1) is 11.7. The van der Waals surface area contributed by atoms with Crippen LogP contribution in [0, 0.1) is 6.92 Å². The predicted octanol–water partition coefficient (Wildman–Crippen LogP) is 1.38. The Morgan fingerprint density at radius 2 is 2.33 bits per heavy atom. The fourth-order valence-corrected chi connectivity index (χ4v) is 3.21. The number of aromatic nitrogens is 4. The summed E-state index contributed by atoms with van der Waals surface area (Å²) in [5.74, 6) is 2.59. The summed E-state index contributed by atoms with van der Waals surface area (Å²) < 4.78 is 4.01. The number of nitrogens with zero attached hydrogens (tertiary/aromatic N) is 6. The van der Waals surface area contributed by atoms with Crippen molar-refractivity contribution in [2.24, 2.45) is 12.0 Å². The lowest BCUT2D eigenvalue weighted by Gasteiger charge is -2.21. The summed E-state index contributed by atoms with van der Waals surface area (Å²) in [5.41, 5.74) is 1.32. The van der Waals surface area contributed by atoms with Gasteiger partial charge in [-0.3, -0.25) is 9.67 Å². The highest BCUT2D eigenvalue weighted by molar-refractivity contribution is 5.80. The molecule has 1 atom stereocenters. The highest BCUT2D eigenvalue weighted by atomic mass is 15.3.